The van der Waals surface area contributed by atoms with E-state index in [9.17, 15) is 0 Å². The third kappa shape index (κ3) is 3.01. The summed E-state index contributed by atoms with van der Waals surface area (Å²) in [7, 11) is 1.67. The highest BCUT2D eigenvalue weighted by molar-refractivity contribution is 9.10. The molecule has 72 valence electrons. The van der Waals surface area contributed by atoms with Crippen molar-refractivity contribution in [2.75, 3.05) is 13.7 Å². The van der Waals surface area contributed by atoms with Crippen LogP contribution < -0.4 is 10.5 Å². The van der Waals surface area contributed by atoms with Crippen LogP contribution in [-0.4, -0.2) is 13.7 Å². The second kappa shape index (κ2) is 5.25. The van der Waals surface area contributed by atoms with Crippen LogP contribution in [0.1, 0.15) is 12.0 Å². The van der Waals surface area contributed by atoms with Gasteiger partial charge in [-0.1, -0.05) is 6.07 Å². The SMILES string of the molecule is COc1cc(CCCN)ccc1Br. The Balaban J connectivity index is 2.74. The highest BCUT2D eigenvalue weighted by Crippen LogP contribution is 2.25. The molecule has 0 saturated carbocycles. The van der Waals surface area contributed by atoms with Crippen molar-refractivity contribution < 1.29 is 4.74 Å². The predicted molar refractivity (Wildman–Crippen MR) is 58.1 cm³/mol. The molecule has 0 spiro atoms. The van der Waals surface area contributed by atoms with Gasteiger partial charge in [0.2, 0.25) is 0 Å². The fraction of sp³-hybridized carbons (Fsp3) is 0.400. The maximum Gasteiger partial charge on any atom is 0.133 e. The summed E-state index contributed by atoms with van der Waals surface area (Å²) < 4.78 is 6.18. The molecule has 0 amide bonds. The van der Waals surface area contributed by atoms with E-state index in [0.717, 1.165) is 29.6 Å². The van der Waals surface area contributed by atoms with Crippen molar-refractivity contribution in [3.63, 3.8) is 0 Å². The number of methoxy groups -OCH3 is 1. The van der Waals surface area contributed by atoms with Gasteiger partial charge in [0.05, 0.1) is 11.6 Å². The summed E-state index contributed by atoms with van der Waals surface area (Å²) in [4.78, 5) is 0. The first-order chi connectivity index (χ1) is 6.27. The minimum absolute atomic E-state index is 0.735. The summed E-state index contributed by atoms with van der Waals surface area (Å²) in [5.41, 5.74) is 6.71. The van der Waals surface area contributed by atoms with Gasteiger partial charge in [0.15, 0.2) is 0 Å². The lowest BCUT2D eigenvalue weighted by atomic mass is 10.1. The summed E-state index contributed by atoms with van der Waals surface area (Å²) in [6, 6.07) is 6.13. The molecule has 2 nitrogen and oxygen atoms in total. The Labute approximate surface area is 87.2 Å². The quantitative estimate of drug-likeness (QED) is 0.882. The van der Waals surface area contributed by atoms with E-state index in [1.165, 1.54) is 5.56 Å². The van der Waals surface area contributed by atoms with Crippen LogP contribution in [0.4, 0.5) is 0 Å². The van der Waals surface area contributed by atoms with Gasteiger partial charge in [0, 0.05) is 0 Å². The first-order valence-electron chi connectivity index (χ1n) is 4.30. The van der Waals surface area contributed by atoms with Crippen LogP contribution in [0.25, 0.3) is 0 Å². The molecule has 0 saturated heterocycles. The maximum atomic E-state index is 5.44. The van der Waals surface area contributed by atoms with E-state index < -0.39 is 0 Å². The van der Waals surface area contributed by atoms with Crippen molar-refractivity contribution in [1.29, 1.82) is 0 Å². The zero-order chi connectivity index (χ0) is 9.68. The molecule has 13 heavy (non-hydrogen) atoms. The predicted octanol–water partition coefficient (Wildman–Crippen LogP) is 2.35. The third-order valence-electron chi connectivity index (χ3n) is 1.89. The number of halogens is 1. The van der Waals surface area contributed by atoms with Crippen LogP contribution in [0.2, 0.25) is 0 Å². The van der Waals surface area contributed by atoms with Crippen molar-refractivity contribution >= 4 is 15.9 Å². The molecule has 0 aromatic heterocycles. The number of nitrogens with two attached hydrogens (primary N) is 1. The normalized spacial score (nSPS) is 10.1. The van der Waals surface area contributed by atoms with Gasteiger partial charge >= 0.3 is 0 Å². The Morgan fingerprint density at radius 1 is 1.46 bits per heavy atom. The topological polar surface area (TPSA) is 35.2 Å². The van der Waals surface area contributed by atoms with Gasteiger partial charge in [-0.2, -0.15) is 0 Å². The number of aryl methyl sites for hydroxylation is 1. The Morgan fingerprint density at radius 2 is 2.23 bits per heavy atom. The average molecular weight is 244 g/mol. The highest BCUT2D eigenvalue weighted by Gasteiger charge is 2.00. The standard InChI is InChI=1S/C10H14BrNO/c1-13-10-7-8(3-2-6-12)4-5-9(10)11/h4-5,7H,2-3,6,12H2,1H3. The van der Waals surface area contributed by atoms with Gasteiger partial charge < -0.3 is 10.5 Å². The minimum Gasteiger partial charge on any atom is -0.496 e. The third-order valence-corrected chi connectivity index (χ3v) is 2.54. The fourth-order valence-corrected chi connectivity index (χ4v) is 1.57. The zero-order valence-corrected chi connectivity index (χ0v) is 9.30. The molecule has 0 unspecified atom stereocenters. The first kappa shape index (κ1) is 10.5. The number of hydrogen-bond donors (Lipinski definition) is 1. The molecular formula is C10H14BrNO. The van der Waals surface area contributed by atoms with Gasteiger partial charge in [0.25, 0.3) is 0 Å². The molecule has 0 bridgehead atoms. The molecule has 0 fully saturated rings. The minimum atomic E-state index is 0.735. The van der Waals surface area contributed by atoms with Crippen molar-refractivity contribution in [2.24, 2.45) is 5.73 Å². The smallest absolute Gasteiger partial charge is 0.133 e. The van der Waals surface area contributed by atoms with E-state index >= 15 is 0 Å². The van der Waals surface area contributed by atoms with E-state index in [-0.39, 0.29) is 0 Å². The molecule has 0 aliphatic heterocycles. The number of rotatable bonds is 4. The van der Waals surface area contributed by atoms with Gasteiger partial charge in [-0.3, -0.25) is 0 Å². The average Bonchev–Trinajstić information content (AvgIpc) is 2.16. The maximum absolute atomic E-state index is 5.44. The van der Waals surface area contributed by atoms with Gasteiger partial charge in [0.1, 0.15) is 5.75 Å². The van der Waals surface area contributed by atoms with Crippen molar-refractivity contribution in [1.82, 2.24) is 0 Å². The van der Waals surface area contributed by atoms with E-state index in [1.807, 2.05) is 12.1 Å². The summed E-state index contributed by atoms with van der Waals surface area (Å²) in [6.07, 6.45) is 2.03. The highest BCUT2D eigenvalue weighted by atomic mass is 79.9. The summed E-state index contributed by atoms with van der Waals surface area (Å²) in [6.45, 7) is 0.735. The molecule has 0 atom stereocenters. The zero-order valence-electron chi connectivity index (χ0n) is 7.72. The van der Waals surface area contributed by atoms with Gasteiger partial charge in [-0.15, -0.1) is 0 Å². The van der Waals surface area contributed by atoms with Crippen LogP contribution in [0.15, 0.2) is 22.7 Å². The Kier molecular flexibility index (Phi) is 4.25. The monoisotopic (exact) mass is 243 g/mol. The lowest BCUT2D eigenvalue weighted by Gasteiger charge is -2.05. The molecule has 0 aliphatic carbocycles. The first-order valence-corrected chi connectivity index (χ1v) is 5.09. The second-order valence-electron chi connectivity index (χ2n) is 2.86. The fourth-order valence-electron chi connectivity index (χ4n) is 1.17. The largest absolute Gasteiger partial charge is 0.496 e. The lowest BCUT2D eigenvalue weighted by molar-refractivity contribution is 0.411. The Morgan fingerprint density at radius 3 is 2.85 bits per heavy atom. The van der Waals surface area contributed by atoms with Crippen LogP contribution >= 0.6 is 15.9 Å². The lowest BCUT2D eigenvalue weighted by Crippen LogP contribution is -2.00. The number of hydrogen-bond acceptors (Lipinski definition) is 2. The van der Waals surface area contributed by atoms with Crippen LogP contribution in [0, 0.1) is 0 Å². The van der Waals surface area contributed by atoms with E-state index in [2.05, 4.69) is 22.0 Å². The van der Waals surface area contributed by atoms with Crippen LogP contribution in [0.5, 0.6) is 5.75 Å². The van der Waals surface area contributed by atoms with E-state index in [1.54, 1.807) is 7.11 Å². The molecule has 0 heterocycles. The molecule has 2 N–H and O–H groups in total. The Bertz CT molecular complexity index is 276. The van der Waals surface area contributed by atoms with Gasteiger partial charge in [-0.05, 0) is 53.0 Å². The van der Waals surface area contributed by atoms with Crippen LogP contribution in [-0.2, 0) is 6.42 Å². The molecule has 0 aliphatic rings. The molecule has 1 rings (SSSR count). The van der Waals surface area contributed by atoms with Crippen LogP contribution in [0.3, 0.4) is 0 Å². The molecule has 1 aromatic rings. The summed E-state index contributed by atoms with van der Waals surface area (Å²) in [5, 5.41) is 0. The molecule has 0 radical (unpaired) electrons. The second-order valence-corrected chi connectivity index (χ2v) is 3.72. The van der Waals surface area contributed by atoms with Crippen molar-refractivity contribution in [3.05, 3.63) is 28.2 Å². The molecule has 1 aromatic carbocycles. The van der Waals surface area contributed by atoms with Crippen molar-refractivity contribution in [3.8, 4) is 5.75 Å². The van der Waals surface area contributed by atoms with Crippen molar-refractivity contribution in [2.45, 2.75) is 12.8 Å². The molecular weight excluding hydrogens is 230 g/mol. The van der Waals surface area contributed by atoms with E-state index in [4.69, 9.17) is 10.5 Å². The molecule has 3 heteroatoms. The summed E-state index contributed by atoms with van der Waals surface area (Å²) >= 11 is 3.41. The number of ether oxygens (including phenoxy) is 1. The van der Waals surface area contributed by atoms with E-state index in [0.29, 0.717) is 0 Å². The summed E-state index contributed by atoms with van der Waals surface area (Å²) in [5.74, 6) is 0.884. The number of benzene rings is 1. The Hall–Kier alpha value is -0.540. The van der Waals surface area contributed by atoms with Gasteiger partial charge in [-0.25, -0.2) is 0 Å².